The lowest BCUT2D eigenvalue weighted by atomic mass is 10.1. The van der Waals surface area contributed by atoms with Crippen molar-refractivity contribution in [3.05, 3.63) is 53.6 Å². The topological polar surface area (TPSA) is 55.7 Å². The molecule has 4 heteroatoms. The maximum atomic E-state index is 10.6. The average Bonchev–Trinajstić information content (AvgIpc) is 2.38. The molecule has 4 nitrogen and oxygen atoms in total. The normalized spacial score (nSPS) is 10.0. The van der Waals surface area contributed by atoms with Crippen LogP contribution >= 0.6 is 0 Å². The van der Waals surface area contributed by atoms with Crippen LogP contribution in [0.5, 0.6) is 0 Å². The number of aromatic nitrogens is 3. The van der Waals surface area contributed by atoms with E-state index in [2.05, 4.69) is 15.2 Å². The molecule has 0 aromatic carbocycles. The number of hydrogen-bond donors (Lipinski definition) is 0. The molecule has 0 N–H and O–H groups in total. The Balaban J connectivity index is 2.02. The van der Waals surface area contributed by atoms with Gasteiger partial charge in [-0.2, -0.15) is 10.2 Å². The van der Waals surface area contributed by atoms with Crippen LogP contribution < -0.4 is 0 Å². The molecule has 16 heavy (non-hydrogen) atoms. The Morgan fingerprint density at radius 1 is 1.25 bits per heavy atom. The van der Waals surface area contributed by atoms with Crippen LogP contribution in [-0.4, -0.2) is 21.5 Å². The minimum Gasteiger partial charge on any atom is -0.298 e. The van der Waals surface area contributed by atoms with Gasteiger partial charge < -0.3 is 0 Å². The van der Waals surface area contributed by atoms with E-state index in [0.717, 1.165) is 30.4 Å². The molecular formula is C12H11N3O. The second-order valence-corrected chi connectivity index (χ2v) is 3.46. The van der Waals surface area contributed by atoms with Crippen molar-refractivity contribution in [2.45, 2.75) is 12.8 Å². The molecule has 2 rings (SSSR count). The van der Waals surface area contributed by atoms with E-state index in [1.807, 2.05) is 18.3 Å². The van der Waals surface area contributed by atoms with Crippen LogP contribution in [0.4, 0.5) is 0 Å². The van der Waals surface area contributed by atoms with Crippen LogP contribution in [0.15, 0.2) is 36.8 Å². The SMILES string of the molecule is O=Cc1cnnc(CCc2cccnc2)c1. The van der Waals surface area contributed by atoms with Crippen LogP contribution in [0.1, 0.15) is 21.6 Å². The Kier molecular flexibility index (Phi) is 3.33. The van der Waals surface area contributed by atoms with Gasteiger partial charge in [-0.05, 0) is 30.5 Å². The second kappa shape index (κ2) is 5.11. The first-order chi connectivity index (χ1) is 7.88. The fraction of sp³-hybridized carbons (Fsp3) is 0.167. The van der Waals surface area contributed by atoms with Gasteiger partial charge in [-0.3, -0.25) is 9.78 Å². The van der Waals surface area contributed by atoms with Crippen molar-refractivity contribution in [1.82, 2.24) is 15.2 Å². The van der Waals surface area contributed by atoms with Gasteiger partial charge in [0.2, 0.25) is 0 Å². The van der Waals surface area contributed by atoms with Gasteiger partial charge in [-0.15, -0.1) is 0 Å². The van der Waals surface area contributed by atoms with Gasteiger partial charge in [0.05, 0.1) is 11.9 Å². The van der Waals surface area contributed by atoms with Gasteiger partial charge in [0.1, 0.15) is 0 Å². The predicted molar refractivity (Wildman–Crippen MR) is 59.1 cm³/mol. The first kappa shape index (κ1) is 10.4. The van der Waals surface area contributed by atoms with Crippen LogP contribution in [0.25, 0.3) is 0 Å². The van der Waals surface area contributed by atoms with E-state index in [9.17, 15) is 4.79 Å². The van der Waals surface area contributed by atoms with Crippen molar-refractivity contribution in [3.63, 3.8) is 0 Å². The zero-order valence-corrected chi connectivity index (χ0v) is 8.71. The predicted octanol–water partition coefficient (Wildman–Crippen LogP) is 1.47. The highest BCUT2D eigenvalue weighted by atomic mass is 16.1. The van der Waals surface area contributed by atoms with E-state index in [0.29, 0.717) is 5.56 Å². The molecule has 0 spiro atoms. The number of nitrogens with zero attached hydrogens (tertiary/aromatic N) is 3. The third-order valence-corrected chi connectivity index (χ3v) is 2.25. The lowest BCUT2D eigenvalue weighted by molar-refractivity contribution is 0.112. The first-order valence-corrected chi connectivity index (χ1v) is 5.04. The van der Waals surface area contributed by atoms with Crippen LogP contribution in [0, 0.1) is 0 Å². The molecule has 0 aliphatic heterocycles. The average molecular weight is 213 g/mol. The standard InChI is InChI=1S/C12H11N3O/c16-9-11-6-12(15-14-8-11)4-3-10-2-1-5-13-7-10/h1-2,5-9H,3-4H2. The number of pyridine rings is 1. The third-order valence-electron chi connectivity index (χ3n) is 2.25. The summed E-state index contributed by atoms with van der Waals surface area (Å²) in [6.07, 6.45) is 7.43. The highest BCUT2D eigenvalue weighted by Gasteiger charge is 1.99. The van der Waals surface area contributed by atoms with Crippen molar-refractivity contribution in [3.8, 4) is 0 Å². The molecule has 0 saturated carbocycles. The molecule has 2 aromatic rings. The smallest absolute Gasteiger partial charge is 0.151 e. The Morgan fingerprint density at radius 3 is 2.94 bits per heavy atom. The molecule has 2 heterocycles. The number of aldehydes is 1. The summed E-state index contributed by atoms with van der Waals surface area (Å²) in [5.41, 5.74) is 2.55. The monoisotopic (exact) mass is 213 g/mol. The van der Waals surface area contributed by atoms with Gasteiger partial charge in [0.15, 0.2) is 6.29 Å². The molecule has 0 aliphatic rings. The van der Waals surface area contributed by atoms with Gasteiger partial charge in [-0.1, -0.05) is 6.07 Å². The molecule has 0 unspecified atom stereocenters. The number of carbonyl (C=O) groups is 1. The molecule has 0 bridgehead atoms. The van der Waals surface area contributed by atoms with Gasteiger partial charge >= 0.3 is 0 Å². The summed E-state index contributed by atoms with van der Waals surface area (Å²) >= 11 is 0. The van der Waals surface area contributed by atoms with E-state index in [4.69, 9.17) is 0 Å². The maximum Gasteiger partial charge on any atom is 0.151 e. The van der Waals surface area contributed by atoms with Crippen LogP contribution in [0.3, 0.4) is 0 Å². The highest BCUT2D eigenvalue weighted by Crippen LogP contribution is 2.04. The molecule has 80 valence electrons. The molecule has 0 aliphatic carbocycles. The van der Waals surface area contributed by atoms with Crippen molar-refractivity contribution in [2.75, 3.05) is 0 Å². The van der Waals surface area contributed by atoms with Crippen molar-refractivity contribution >= 4 is 6.29 Å². The summed E-state index contributed by atoms with van der Waals surface area (Å²) in [5, 5.41) is 7.74. The van der Waals surface area contributed by atoms with Crippen molar-refractivity contribution in [2.24, 2.45) is 0 Å². The maximum absolute atomic E-state index is 10.6. The summed E-state index contributed by atoms with van der Waals surface area (Å²) in [4.78, 5) is 14.6. The molecule has 0 saturated heterocycles. The van der Waals surface area contributed by atoms with E-state index >= 15 is 0 Å². The van der Waals surface area contributed by atoms with Gasteiger partial charge in [0, 0.05) is 18.0 Å². The Morgan fingerprint density at radius 2 is 2.19 bits per heavy atom. The number of carbonyl (C=O) groups excluding carboxylic acids is 1. The quantitative estimate of drug-likeness (QED) is 0.722. The number of aryl methyl sites for hydroxylation is 2. The van der Waals surface area contributed by atoms with E-state index in [1.165, 1.54) is 6.20 Å². The van der Waals surface area contributed by atoms with Crippen molar-refractivity contribution < 1.29 is 4.79 Å². The Bertz CT molecular complexity index is 471. The largest absolute Gasteiger partial charge is 0.298 e. The van der Waals surface area contributed by atoms with E-state index < -0.39 is 0 Å². The van der Waals surface area contributed by atoms with E-state index in [1.54, 1.807) is 12.3 Å². The molecule has 0 radical (unpaired) electrons. The summed E-state index contributed by atoms with van der Waals surface area (Å²) in [7, 11) is 0. The van der Waals surface area contributed by atoms with Gasteiger partial charge in [-0.25, -0.2) is 0 Å². The minimum absolute atomic E-state index is 0.566. The lowest BCUT2D eigenvalue weighted by Crippen LogP contribution is -1.98. The molecule has 0 atom stereocenters. The fourth-order valence-electron chi connectivity index (χ4n) is 1.43. The lowest BCUT2D eigenvalue weighted by Gasteiger charge is -2.00. The Labute approximate surface area is 93.4 Å². The number of hydrogen-bond acceptors (Lipinski definition) is 4. The van der Waals surface area contributed by atoms with Crippen molar-refractivity contribution in [1.29, 1.82) is 0 Å². The second-order valence-electron chi connectivity index (χ2n) is 3.46. The third kappa shape index (κ3) is 2.70. The van der Waals surface area contributed by atoms with Gasteiger partial charge in [0.25, 0.3) is 0 Å². The molecule has 0 fully saturated rings. The first-order valence-electron chi connectivity index (χ1n) is 5.04. The summed E-state index contributed by atoms with van der Waals surface area (Å²) in [6.45, 7) is 0. The van der Waals surface area contributed by atoms with E-state index in [-0.39, 0.29) is 0 Å². The Hall–Kier alpha value is -2.10. The highest BCUT2D eigenvalue weighted by molar-refractivity contribution is 5.73. The zero-order chi connectivity index (χ0) is 11.2. The number of rotatable bonds is 4. The fourth-order valence-corrected chi connectivity index (χ4v) is 1.43. The molecular weight excluding hydrogens is 202 g/mol. The molecule has 0 amide bonds. The van der Waals surface area contributed by atoms with Crippen LogP contribution in [0.2, 0.25) is 0 Å². The summed E-state index contributed by atoms with van der Waals surface area (Å²) in [6, 6.07) is 5.68. The summed E-state index contributed by atoms with van der Waals surface area (Å²) in [5.74, 6) is 0. The zero-order valence-electron chi connectivity index (χ0n) is 8.71. The minimum atomic E-state index is 0.566. The van der Waals surface area contributed by atoms with Crippen LogP contribution in [-0.2, 0) is 12.8 Å². The summed E-state index contributed by atoms with van der Waals surface area (Å²) < 4.78 is 0. The molecule has 2 aromatic heterocycles.